The Kier molecular flexibility index (Phi) is 3.97. The van der Waals surface area contributed by atoms with Crippen LogP contribution in [0.5, 0.6) is 0 Å². The van der Waals surface area contributed by atoms with E-state index in [4.69, 9.17) is 5.73 Å². The van der Waals surface area contributed by atoms with Crippen LogP contribution in [0.4, 0.5) is 4.39 Å². The lowest BCUT2D eigenvalue weighted by Gasteiger charge is -2.35. The predicted molar refractivity (Wildman–Crippen MR) is 68.3 cm³/mol. The molecule has 4 heteroatoms. The molecule has 0 radical (unpaired) electrons. The average molecular weight is 250 g/mol. The number of rotatable bonds is 3. The van der Waals surface area contributed by atoms with Crippen LogP contribution >= 0.6 is 0 Å². The molecule has 1 atom stereocenters. The molecule has 1 heterocycles. The van der Waals surface area contributed by atoms with Crippen molar-refractivity contribution in [2.24, 2.45) is 11.7 Å². The van der Waals surface area contributed by atoms with Crippen molar-refractivity contribution in [1.29, 1.82) is 0 Å². The maximum atomic E-state index is 12.9. The number of amides is 1. The Morgan fingerprint density at radius 3 is 2.39 bits per heavy atom. The highest BCUT2D eigenvalue weighted by Crippen LogP contribution is 2.26. The van der Waals surface area contributed by atoms with E-state index in [1.807, 2.05) is 12.1 Å². The normalized spacial score (nSPS) is 19.7. The summed E-state index contributed by atoms with van der Waals surface area (Å²) in [6.45, 7) is 3.84. The third kappa shape index (κ3) is 2.88. The van der Waals surface area contributed by atoms with E-state index in [-0.39, 0.29) is 23.7 Å². The third-order valence-electron chi connectivity index (χ3n) is 3.83. The first-order valence-corrected chi connectivity index (χ1v) is 6.37. The summed E-state index contributed by atoms with van der Waals surface area (Å²) in [7, 11) is 0. The zero-order valence-corrected chi connectivity index (χ0v) is 10.6. The largest absolute Gasteiger partial charge is 0.369 e. The SMILES string of the molecule is C[C@H](c1ccc(F)cc1)N1CCC(C(N)=O)CC1. The van der Waals surface area contributed by atoms with Crippen LogP contribution in [0.1, 0.15) is 31.4 Å². The summed E-state index contributed by atoms with van der Waals surface area (Å²) in [6, 6.07) is 6.86. The summed E-state index contributed by atoms with van der Waals surface area (Å²) in [5.41, 5.74) is 6.42. The highest BCUT2D eigenvalue weighted by Gasteiger charge is 2.26. The van der Waals surface area contributed by atoms with Crippen molar-refractivity contribution in [2.45, 2.75) is 25.8 Å². The minimum absolute atomic E-state index is 0.0154. The van der Waals surface area contributed by atoms with Gasteiger partial charge in [-0.25, -0.2) is 4.39 Å². The molecule has 0 aromatic heterocycles. The second-order valence-corrected chi connectivity index (χ2v) is 4.94. The standard InChI is InChI=1S/C14H19FN2O/c1-10(11-2-4-13(15)5-3-11)17-8-6-12(7-9-17)14(16)18/h2-5,10,12H,6-9H2,1H3,(H2,16,18)/t10-/m1/s1. The van der Waals surface area contributed by atoms with Gasteiger partial charge in [0.2, 0.25) is 5.91 Å². The maximum absolute atomic E-state index is 12.9. The van der Waals surface area contributed by atoms with Crippen molar-refractivity contribution >= 4 is 5.91 Å². The second kappa shape index (κ2) is 5.48. The topological polar surface area (TPSA) is 46.3 Å². The van der Waals surface area contributed by atoms with Gasteiger partial charge in [0.25, 0.3) is 0 Å². The smallest absolute Gasteiger partial charge is 0.220 e. The van der Waals surface area contributed by atoms with Crippen molar-refractivity contribution in [3.63, 3.8) is 0 Å². The molecule has 1 aromatic rings. The lowest BCUT2D eigenvalue weighted by molar-refractivity contribution is -0.123. The number of hydrogen-bond donors (Lipinski definition) is 1. The van der Waals surface area contributed by atoms with Crippen molar-refractivity contribution in [2.75, 3.05) is 13.1 Å². The number of benzene rings is 1. The van der Waals surface area contributed by atoms with Gasteiger partial charge in [0.15, 0.2) is 0 Å². The van der Waals surface area contributed by atoms with Crippen LogP contribution in [0.2, 0.25) is 0 Å². The van der Waals surface area contributed by atoms with E-state index in [1.165, 1.54) is 12.1 Å². The molecule has 1 saturated heterocycles. The van der Waals surface area contributed by atoms with Crippen molar-refractivity contribution in [3.8, 4) is 0 Å². The van der Waals surface area contributed by atoms with E-state index in [0.29, 0.717) is 0 Å². The summed E-state index contributed by atoms with van der Waals surface area (Å²) in [5, 5.41) is 0. The first-order chi connectivity index (χ1) is 8.58. The Balaban J connectivity index is 1.97. The summed E-state index contributed by atoms with van der Waals surface area (Å²) in [4.78, 5) is 13.4. The van der Waals surface area contributed by atoms with Crippen LogP contribution in [0.25, 0.3) is 0 Å². The Labute approximate surface area is 107 Å². The van der Waals surface area contributed by atoms with Crippen molar-refractivity contribution in [3.05, 3.63) is 35.6 Å². The highest BCUT2D eigenvalue weighted by atomic mass is 19.1. The van der Waals surface area contributed by atoms with Gasteiger partial charge in [0, 0.05) is 12.0 Å². The Hall–Kier alpha value is -1.42. The number of carbonyl (C=O) groups is 1. The van der Waals surface area contributed by atoms with E-state index < -0.39 is 0 Å². The van der Waals surface area contributed by atoms with Crippen LogP contribution in [0.15, 0.2) is 24.3 Å². The van der Waals surface area contributed by atoms with Crippen LogP contribution in [0.3, 0.4) is 0 Å². The van der Waals surface area contributed by atoms with Gasteiger partial charge >= 0.3 is 0 Å². The van der Waals surface area contributed by atoms with E-state index >= 15 is 0 Å². The van der Waals surface area contributed by atoms with Gasteiger partial charge in [-0.2, -0.15) is 0 Å². The van der Waals surface area contributed by atoms with Gasteiger partial charge < -0.3 is 5.73 Å². The number of carbonyl (C=O) groups excluding carboxylic acids is 1. The Bertz CT molecular complexity index is 410. The van der Waals surface area contributed by atoms with E-state index in [0.717, 1.165) is 31.5 Å². The summed E-state index contributed by atoms with van der Waals surface area (Å²) in [6.07, 6.45) is 1.64. The first-order valence-electron chi connectivity index (χ1n) is 6.37. The molecule has 0 saturated carbocycles. The Morgan fingerprint density at radius 2 is 1.89 bits per heavy atom. The highest BCUT2D eigenvalue weighted by molar-refractivity contribution is 5.76. The summed E-state index contributed by atoms with van der Waals surface area (Å²) < 4.78 is 12.9. The van der Waals surface area contributed by atoms with Gasteiger partial charge in [-0.3, -0.25) is 9.69 Å². The van der Waals surface area contributed by atoms with Crippen LogP contribution in [-0.4, -0.2) is 23.9 Å². The molecule has 2 rings (SSSR count). The molecule has 0 spiro atoms. The van der Waals surface area contributed by atoms with Gasteiger partial charge in [-0.05, 0) is 50.6 Å². The number of nitrogens with zero attached hydrogens (tertiary/aromatic N) is 1. The monoisotopic (exact) mass is 250 g/mol. The summed E-state index contributed by atoms with van der Waals surface area (Å²) in [5.74, 6) is -0.385. The van der Waals surface area contributed by atoms with E-state index in [9.17, 15) is 9.18 Å². The number of primary amides is 1. The molecule has 3 nitrogen and oxygen atoms in total. The average Bonchev–Trinajstić information content (AvgIpc) is 2.39. The number of halogens is 1. The fourth-order valence-corrected chi connectivity index (χ4v) is 2.52. The molecule has 1 amide bonds. The lowest BCUT2D eigenvalue weighted by atomic mass is 9.94. The molecule has 0 unspecified atom stereocenters. The maximum Gasteiger partial charge on any atom is 0.220 e. The van der Waals surface area contributed by atoms with E-state index in [2.05, 4.69) is 11.8 Å². The quantitative estimate of drug-likeness (QED) is 0.892. The van der Waals surface area contributed by atoms with Crippen molar-refractivity contribution in [1.82, 2.24) is 4.90 Å². The van der Waals surface area contributed by atoms with Gasteiger partial charge in [0.05, 0.1) is 0 Å². The third-order valence-corrected chi connectivity index (χ3v) is 3.83. The molecular weight excluding hydrogens is 231 g/mol. The molecule has 2 N–H and O–H groups in total. The lowest BCUT2D eigenvalue weighted by Crippen LogP contribution is -2.39. The first kappa shape index (κ1) is 13.0. The molecule has 18 heavy (non-hydrogen) atoms. The van der Waals surface area contributed by atoms with Gasteiger partial charge in [-0.15, -0.1) is 0 Å². The van der Waals surface area contributed by atoms with E-state index in [1.54, 1.807) is 0 Å². The number of likely N-dealkylation sites (tertiary alicyclic amines) is 1. The molecule has 98 valence electrons. The Morgan fingerprint density at radius 1 is 1.33 bits per heavy atom. The minimum Gasteiger partial charge on any atom is -0.369 e. The van der Waals surface area contributed by atoms with Crippen molar-refractivity contribution < 1.29 is 9.18 Å². The summed E-state index contributed by atoms with van der Waals surface area (Å²) >= 11 is 0. The molecule has 0 aliphatic carbocycles. The van der Waals surface area contributed by atoms with Crippen LogP contribution < -0.4 is 5.73 Å². The van der Waals surface area contributed by atoms with Gasteiger partial charge in [-0.1, -0.05) is 12.1 Å². The number of piperidine rings is 1. The van der Waals surface area contributed by atoms with Crippen LogP contribution in [-0.2, 0) is 4.79 Å². The van der Waals surface area contributed by atoms with Crippen LogP contribution in [0, 0.1) is 11.7 Å². The molecule has 0 bridgehead atoms. The minimum atomic E-state index is -0.210. The fourth-order valence-electron chi connectivity index (χ4n) is 2.52. The second-order valence-electron chi connectivity index (χ2n) is 4.94. The number of nitrogens with two attached hydrogens (primary N) is 1. The van der Waals surface area contributed by atoms with Gasteiger partial charge in [0.1, 0.15) is 5.82 Å². The number of hydrogen-bond acceptors (Lipinski definition) is 2. The fraction of sp³-hybridized carbons (Fsp3) is 0.500. The molecule has 1 aliphatic rings. The molecular formula is C14H19FN2O. The molecule has 1 aliphatic heterocycles. The predicted octanol–water partition coefficient (Wildman–Crippen LogP) is 2.08. The zero-order valence-electron chi connectivity index (χ0n) is 10.6. The molecule has 1 aromatic carbocycles. The molecule has 1 fully saturated rings. The zero-order chi connectivity index (χ0) is 13.1.